The van der Waals surface area contributed by atoms with E-state index < -0.39 is 30.8 Å². The maximum absolute atomic E-state index is 13.8. The maximum Gasteiger partial charge on any atom is 0.292 e. The largest absolute Gasteiger partial charge is 0.352 e. The van der Waals surface area contributed by atoms with Gasteiger partial charge in [0, 0.05) is 19.4 Å². The molecule has 0 saturated carbocycles. The van der Waals surface area contributed by atoms with E-state index >= 15 is 0 Å². The van der Waals surface area contributed by atoms with Crippen molar-refractivity contribution < 1.29 is 22.9 Å². The zero-order valence-electron chi connectivity index (χ0n) is 12.5. The van der Waals surface area contributed by atoms with Gasteiger partial charge in [-0.2, -0.15) is 4.98 Å². The van der Waals surface area contributed by atoms with Gasteiger partial charge in [0.15, 0.2) is 0 Å². The van der Waals surface area contributed by atoms with Crippen molar-refractivity contribution in [2.24, 2.45) is 5.92 Å². The molecule has 1 saturated heterocycles. The molecule has 124 valence electrons. The van der Waals surface area contributed by atoms with Crippen molar-refractivity contribution in [3.63, 3.8) is 0 Å². The fourth-order valence-corrected chi connectivity index (χ4v) is 2.90. The first-order valence-electron chi connectivity index (χ1n) is 7.30. The van der Waals surface area contributed by atoms with Crippen molar-refractivity contribution in [2.75, 3.05) is 13.6 Å². The first-order chi connectivity index (χ1) is 10.9. The summed E-state index contributed by atoms with van der Waals surface area (Å²) >= 11 is 0. The summed E-state index contributed by atoms with van der Waals surface area (Å²) in [6.45, 7) is -0.676. The Morgan fingerprint density at radius 1 is 1.39 bits per heavy atom. The second kappa shape index (κ2) is 5.71. The van der Waals surface area contributed by atoms with Gasteiger partial charge >= 0.3 is 0 Å². The summed E-state index contributed by atoms with van der Waals surface area (Å²) in [7, 11) is 1.39. The van der Waals surface area contributed by atoms with Gasteiger partial charge in [-0.3, -0.25) is 9.59 Å². The Morgan fingerprint density at radius 2 is 2.09 bits per heavy atom. The molecule has 3 rings (SSSR count). The number of likely N-dealkylation sites (tertiary alicyclic amines) is 1. The van der Waals surface area contributed by atoms with Gasteiger partial charge in [-0.05, 0) is 12.8 Å². The predicted octanol–water partition coefficient (Wildman–Crippen LogP) is 1.30. The van der Waals surface area contributed by atoms with E-state index in [1.165, 1.54) is 7.05 Å². The average molecular weight is 326 g/mol. The van der Waals surface area contributed by atoms with Crippen LogP contribution in [-0.4, -0.2) is 46.4 Å². The zero-order chi connectivity index (χ0) is 16.6. The minimum atomic E-state index is -3.02. The summed E-state index contributed by atoms with van der Waals surface area (Å²) < 4.78 is 32.6. The van der Waals surface area contributed by atoms with Crippen molar-refractivity contribution in [1.82, 2.24) is 20.4 Å². The topological polar surface area (TPSA) is 88.3 Å². The van der Waals surface area contributed by atoms with Crippen LogP contribution in [0.4, 0.5) is 8.78 Å². The van der Waals surface area contributed by atoms with E-state index in [4.69, 9.17) is 4.52 Å². The molecule has 0 bridgehead atoms. The number of nitrogens with one attached hydrogen (secondary N) is 1. The molecule has 7 nitrogen and oxygen atoms in total. The molecular weight excluding hydrogens is 310 g/mol. The molecule has 23 heavy (non-hydrogen) atoms. The third-order valence-electron chi connectivity index (χ3n) is 4.07. The highest BCUT2D eigenvalue weighted by Gasteiger charge is 2.50. The monoisotopic (exact) mass is 326 g/mol. The van der Waals surface area contributed by atoms with Crippen LogP contribution in [0.5, 0.6) is 0 Å². The summed E-state index contributed by atoms with van der Waals surface area (Å²) in [6.07, 6.45) is 4.22. The van der Waals surface area contributed by atoms with Crippen LogP contribution in [0.2, 0.25) is 0 Å². The Hall–Kier alpha value is -2.32. The second-order valence-electron chi connectivity index (χ2n) is 5.72. The molecule has 1 aliphatic carbocycles. The number of hydrogen-bond donors (Lipinski definition) is 1. The molecular formula is C14H16F2N4O3. The molecule has 1 aromatic heterocycles. The molecule has 1 N–H and O–H groups in total. The Balaban J connectivity index is 1.84. The van der Waals surface area contributed by atoms with Gasteiger partial charge in [-0.15, -0.1) is 0 Å². The number of carbonyl (C=O) groups is 2. The van der Waals surface area contributed by atoms with Gasteiger partial charge in [0.05, 0.1) is 6.54 Å². The summed E-state index contributed by atoms with van der Waals surface area (Å²) in [5, 5.41) is 5.80. The van der Waals surface area contributed by atoms with Crippen LogP contribution in [0.1, 0.15) is 41.8 Å². The fraction of sp³-hybridized carbons (Fsp3) is 0.571. The van der Waals surface area contributed by atoms with E-state index in [1.807, 2.05) is 12.2 Å². The van der Waals surface area contributed by atoms with Crippen LogP contribution >= 0.6 is 0 Å². The molecule has 1 fully saturated rings. The van der Waals surface area contributed by atoms with Crippen LogP contribution in [0.15, 0.2) is 16.7 Å². The highest BCUT2D eigenvalue weighted by atomic mass is 19.3. The molecule has 1 unspecified atom stereocenters. The van der Waals surface area contributed by atoms with Gasteiger partial charge in [0.2, 0.25) is 11.8 Å². The van der Waals surface area contributed by atoms with Crippen molar-refractivity contribution >= 4 is 11.8 Å². The lowest BCUT2D eigenvalue weighted by molar-refractivity contribution is -0.137. The van der Waals surface area contributed by atoms with Gasteiger partial charge in [-0.1, -0.05) is 17.3 Å². The fourth-order valence-electron chi connectivity index (χ4n) is 2.90. The van der Waals surface area contributed by atoms with E-state index in [0.717, 1.165) is 4.90 Å². The number of alkyl halides is 2. The minimum Gasteiger partial charge on any atom is -0.352 e. The van der Waals surface area contributed by atoms with E-state index in [1.54, 1.807) is 0 Å². The van der Waals surface area contributed by atoms with Crippen LogP contribution in [0, 0.1) is 5.92 Å². The molecule has 1 atom stereocenters. The van der Waals surface area contributed by atoms with Gasteiger partial charge < -0.3 is 14.7 Å². The number of allylic oxidation sites excluding steroid dienone is 2. The second-order valence-corrected chi connectivity index (χ2v) is 5.72. The Kier molecular flexibility index (Phi) is 3.87. The number of carbonyl (C=O) groups excluding carboxylic acids is 2. The zero-order valence-corrected chi connectivity index (χ0v) is 12.5. The number of nitrogens with zero attached hydrogens (tertiary/aromatic N) is 3. The predicted molar refractivity (Wildman–Crippen MR) is 73.6 cm³/mol. The molecule has 0 radical (unpaired) electrons. The van der Waals surface area contributed by atoms with Gasteiger partial charge in [0.1, 0.15) is 6.04 Å². The summed E-state index contributed by atoms with van der Waals surface area (Å²) in [6, 6.07) is -1.01. The average Bonchev–Trinajstić information content (AvgIpc) is 3.24. The lowest BCUT2D eigenvalue weighted by Crippen LogP contribution is -2.37. The van der Waals surface area contributed by atoms with E-state index in [2.05, 4.69) is 15.5 Å². The summed E-state index contributed by atoms with van der Waals surface area (Å²) in [5.74, 6) is -4.66. The molecule has 2 aliphatic rings. The smallest absolute Gasteiger partial charge is 0.292 e. The van der Waals surface area contributed by atoms with Crippen molar-refractivity contribution in [3.05, 3.63) is 23.9 Å². The Labute approximate surface area is 130 Å². The molecule has 2 heterocycles. The Bertz CT molecular complexity index is 650. The van der Waals surface area contributed by atoms with Gasteiger partial charge in [-0.25, -0.2) is 8.78 Å². The first kappa shape index (κ1) is 15.6. The third-order valence-corrected chi connectivity index (χ3v) is 4.07. The normalized spacial score (nSPS) is 23.4. The maximum atomic E-state index is 13.8. The summed E-state index contributed by atoms with van der Waals surface area (Å²) in [4.78, 5) is 28.9. The summed E-state index contributed by atoms with van der Waals surface area (Å²) in [5.41, 5.74) is 0. The molecule has 9 heteroatoms. The van der Waals surface area contributed by atoms with E-state index in [9.17, 15) is 18.4 Å². The van der Waals surface area contributed by atoms with Crippen molar-refractivity contribution in [1.29, 1.82) is 0 Å². The van der Waals surface area contributed by atoms with Crippen LogP contribution in [0.3, 0.4) is 0 Å². The van der Waals surface area contributed by atoms with Crippen molar-refractivity contribution in [3.8, 4) is 0 Å². The molecule has 2 amide bonds. The van der Waals surface area contributed by atoms with E-state index in [-0.39, 0.29) is 23.5 Å². The number of hydrogen-bond acceptors (Lipinski definition) is 5. The number of rotatable bonds is 3. The Morgan fingerprint density at radius 3 is 2.74 bits per heavy atom. The first-order valence-corrected chi connectivity index (χ1v) is 7.30. The van der Waals surface area contributed by atoms with Crippen LogP contribution in [-0.2, 0) is 4.79 Å². The third kappa shape index (κ3) is 2.95. The van der Waals surface area contributed by atoms with E-state index in [0.29, 0.717) is 12.8 Å². The highest BCUT2D eigenvalue weighted by Crippen LogP contribution is 2.42. The quantitative estimate of drug-likeness (QED) is 0.846. The lowest BCUT2D eigenvalue weighted by atomic mass is 10.1. The van der Waals surface area contributed by atoms with Crippen molar-refractivity contribution in [2.45, 2.75) is 31.2 Å². The number of amides is 2. The molecule has 1 aliphatic heterocycles. The van der Waals surface area contributed by atoms with Crippen LogP contribution in [0.25, 0.3) is 0 Å². The number of aromatic nitrogens is 2. The number of halogens is 2. The molecule has 1 aromatic rings. The van der Waals surface area contributed by atoms with Crippen LogP contribution < -0.4 is 5.32 Å². The SMILES string of the molecule is CNC(=O)c1noc(C2CC(F)(F)CN2C(=O)C2CC=CC2)n1. The molecule has 0 spiro atoms. The van der Waals surface area contributed by atoms with Gasteiger partial charge in [0.25, 0.3) is 17.7 Å². The highest BCUT2D eigenvalue weighted by molar-refractivity contribution is 5.89. The minimum absolute atomic E-state index is 0.139. The molecule has 0 aromatic carbocycles. The standard InChI is InChI=1S/C14H16F2N4O3/c1-17-11(21)10-18-12(23-19-10)9-6-14(15,16)7-20(9)13(22)8-4-2-3-5-8/h2-3,8-9H,4-7H2,1H3,(H,17,21). The lowest BCUT2D eigenvalue weighted by Gasteiger charge is -2.24.